The summed E-state index contributed by atoms with van der Waals surface area (Å²) in [7, 11) is 0. The molecule has 0 aliphatic heterocycles. The Kier molecular flexibility index (Phi) is 19.7. The molecule has 4 aromatic carbocycles. The first kappa shape index (κ1) is 49.8. The Bertz CT molecular complexity index is 2310. The zero-order valence-electron chi connectivity index (χ0n) is 35.9. The third-order valence-electron chi connectivity index (χ3n) is 9.62. The van der Waals surface area contributed by atoms with Crippen LogP contribution in [0.2, 0.25) is 0 Å². The lowest BCUT2D eigenvalue weighted by Gasteiger charge is -2.19. The highest BCUT2D eigenvalue weighted by atomic mass is 16.6. The number of hydrogen-bond acceptors (Lipinski definition) is 14. The summed E-state index contributed by atoms with van der Waals surface area (Å²) >= 11 is 0. The lowest BCUT2D eigenvalue weighted by Crippen LogP contribution is -2.15. The second-order valence-corrected chi connectivity index (χ2v) is 14.4. The highest BCUT2D eigenvalue weighted by Gasteiger charge is 2.21. The Hall–Kier alpha value is -6.84. The molecule has 0 saturated carbocycles. The van der Waals surface area contributed by atoms with Gasteiger partial charge in [0.2, 0.25) is 0 Å². The standard InChI is InChI=1S/C50H54O14/c1-6-7-8-9-10-38-25-44(37-13-18-41(19-14-37)60-22-24-62-48(56)33(3)29-52)46(64-50(58)35(5)31-54)27-43(38)39-15-20-42(45(26-39)63-49(57)34(4)30-53)36-11-16-40(17-12-36)59-21-23-61-47(55)32(2)28-51/h11-20,25-27,51-54H,2-10,21-24,28-31H2,1H3. The molecule has 0 amide bonds. The second-order valence-electron chi connectivity index (χ2n) is 14.4. The van der Waals surface area contributed by atoms with Crippen LogP contribution in [0, 0.1) is 0 Å². The molecule has 4 aromatic rings. The molecule has 0 heterocycles. The smallest absolute Gasteiger partial charge is 0.341 e. The predicted octanol–water partition coefficient (Wildman–Crippen LogP) is 6.66. The summed E-state index contributed by atoms with van der Waals surface area (Å²) in [6.07, 6.45) is 4.49. The monoisotopic (exact) mass is 878 g/mol. The van der Waals surface area contributed by atoms with E-state index in [0.29, 0.717) is 51.3 Å². The highest BCUT2D eigenvalue weighted by molar-refractivity contribution is 5.93. The minimum Gasteiger partial charge on any atom is -0.490 e. The maximum Gasteiger partial charge on any atom is 0.341 e. The quantitative estimate of drug-likeness (QED) is 0.0226. The number of unbranched alkanes of at least 4 members (excludes halogenated alkanes) is 3. The number of carbonyl (C=O) groups excluding carboxylic acids is 4. The molecule has 0 aromatic heterocycles. The molecule has 0 bridgehead atoms. The van der Waals surface area contributed by atoms with E-state index in [1.165, 1.54) is 0 Å². The molecular weight excluding hydrogens is 825 g/mol. The van der Waals surface area contributed by atoms with Crippen molar-refractivity contribution in [3.63, 3.8) is 0 Å². The average Bonchev–Trinajstić information content (AvgIpc) is 3.32. The van der Waals surface area contributed by atoms with Crippen LogP contribution in [0.1, 0.15) is 38.2 Å². The third kappa shape index (κ3) is 14.4. The van der Waals surface area contributed by atoms with Gasteiger partial charge in [-0.1, -0.05) is 88.9 Å². The number of carbonyl (C=O) groups is 4. The summed E-state index contributed by atoms with van der Waals surface area (Å²) < 4.78 is 33.3. The fourth-order valence-corrected chi connectivity index (χ4v) is 6.02. The minimum absolute atomic E-state index is 0.0415. The van der Waals surface area contributed by atoms with Crippen molar-refractivity contribution in [1.29, 1.82) is 0 Å². The van der Waals surface area contributed by atoms with Gasteiger partial charge >= 0.3 is 23.9 Å². The zero-order valence-corrected chi connectivity index (χ0v) is 35.9. The molecule has 4 N–H and O–H groups in total. The van der Waals surface area contributed by atoms with E-state index in [9.17, 15) is 29.4 Å². The second kappa shape index (κ2) is 25.3. The molecule has 14 heteroatoms. The number of aryl methyl sites for hydroxylation is 1. The van der Waals surface area contributed by atoms with Crippen LogP contribution >= 0.6 is 0 Å². The lowest BCUT2D eigenvalue weighted by molar-refractivity contribution is -0.141. The van der Waals surface area contributed by atoms with Gasteiger partial charge in [-0.2, -0.15) is 0 Å². The van der Waals surface area contributed by atoms with E-state index in [0.717, 1.165) is 31.2 Å². The normalized spacial score (nSPS) is 10.6. The van der Waals surface area contributed by atoms with Gasteiger partial charge in [-0.05, 0) is 83.1 Å². The van der Waals surface area contributed by atoms with Crippen molar-refractivity contribution < 1.29 is 68.0 Å². The Morgan fingerprint density at radius 2 is 0.906 bits per heavy atom. The largest absolute Gasteiger partial charge is 0.490 e. The molecule has 0 fully saturated rings. The first-order valence-corrected chi connectivity index (χ1v) is 20.5. The molecule has 0 aliphatic rings. The third-order valence-corrected chi connectivity index (χ3v) is 9.62. The van der Waals surface area contributed by atoms with Crippen LogP contribution in [0.25, 0.3) is 33.4 Å². The lowest BCUT2D eigenvalue weighted by atomic mass is 9.90. The number of ether oxygens (including phenoxy) is 6. The molecule has 14 nitrogen and oxygen atoms in total. The summed E-state index contributed by atoms with van der Waals surface area (Å²) in [5, 5.41) is 37.5. The molecule has 0 radical (unpaired) electrons. The van der Waals surface area contributed by atoms with E-state index in [1.807, 2.05) is 12.1 Å². The predicted molar refractivity (Wildman–Crippen MR) is 240 cm³/mol. The SMILES string of the molecule is C=C(CO)C(=O)OCCOc1ccc(-c2ccc(-c3cc(OC(=O)C(=C)CO)c(-c4ccc(OCCOC(=O)C(=C)CO)cc4)cc3CCCCCC)cc2OC(=O)C(=C)CO)cc1. The fraction of sp³-hybridized carbons (Fsp3) is 0.280. The molecule has 0 unspecified atom stereocenters. The molecule has 338 valence electrons. The van der Waals surface area contributed by atoms with Gasteiger partial charge < -0.3 is 48.8 Å². The summed E-state index contributed by atoms with van der Waals surface area (Å²) in [5.41, 5.74) is 4.14. The van der Waals surface area contributed by atoms with Crippen LogP contribution in [-0.2, 0) is 35.1 Å². The Labute approximate surface area is 372 Å². The van der Waals surface area contributed by atoms with Gasteiger partial charge in [-0.15, -0.1) is 0 Å². The molecule has 0 atom stereocenters. The molecule has 64 heavy (non-hydrogen) atoms. The van der Waals surface area contributed by atoms with E-state index in [-0.39, 0.29) is 60.2 Å². The van der Waals surface area contributed by atoms with Crippen LogP contribution in [-0.4, -0.2) is 97.2 Å². The van der Waals surface area contributed by atoms with Gasteiger partial charge in [0.25, 0.3) is 0 Å². The Morgan fingerprint density at radius 1 is 0.469 bits per heavy atom. The number of esters is 4. The molecule has 4 rings (SSSR count). The summed E-state index contributed by atoms with van der Waals surface area (Å²) in [4.78, 5) is 49.8. The van der Waals surface area contributed by atoms with Crippen molar-refractivity contribution in [3.8, 4) is 56.4 Å². The van der Waals surface area contributed by atoms with Gasteiger partial charge in [0, 0.05) is 11.1 Å². The average molecular weight is 879 g/mol. The number of benzene rings is 4. The fourth-order valence-electron chi connectivity index (χ4n) is 6.02. The zero-order chi connectivity index (χ0) is 46.6. The van der Waals surface area contributed by atoms with Crippen LogP contribution in [0.15, 0.2) is 127 Å². The summed E-state index contributed by atoms with van der Waals surface area (Å²) in [6.45, 7) is 13.9. The molecule has 0 saturated heterocycles. The van der Waals surface area contributed by atoms with Crippen molar-refractivity contribution in [1.82, 2.24) is 0 Å². The van der Waals surface area contributed by atoms with Crippen molar-refractivity contribution in [2.75, 3.05) is 52.9 Å². The van der Waals surface area contributed by atoms with Crippen LogP contribution in [0.3, 0.4) is 0 Å². The van der Waals surface area contributed by atoms with Crippen molar-refractivity contribution in [2.24, 2.45) is 0 Å². The first-order chi connectivity index (χ1) is 30.8. The number of rotatable bonds is 26. The first-order valence-electron chi connectivity index (χ1n) is 20.5. The van der Waals surface area contributed by atoms with E-state index in [1.54, 1.807) is 66.7 Å². The molecule has 0 aliphatic carbocycles. The highest BCUT2D eigenvalue weighted by Crippen LogP contribution is 2.42. The minimum atomic E-state index is -0.840. The summed E-state index contributed by atoms with van der Waals surface area (Å²) in [6, 6.07) is 22.8. The van der Waals surface area contributed by atoms with Gasteiger partial charge in [0.05, 0.1) is 48.7 Å². The van der Waals surface area contributed by atoms with Gasteiger partial charge in [-0.3, -0.25) is 0 Å². The Balaban J connectivity index is 1.75. The number of aliphatic hydroxyl groups excluding tert-OH is 4. The van der Waals surface area contributed by atoms with Gasteiger partial charge in [0.1, 0.15) is 49.4 Å². The maximum atomic E-state index is 13.2. The van der Waals surface area contributed by atoms with E-state index in [4.69, 9.17) is 38.6 Å². The van der Waals surface area contributed by atoms with Crippen molar-refractivity contribution >= 4 is 23.9 Å². The van der Waals surface area contributed by atoms with E-state index >= 15 is 0 Å². The number of aliphatic hydroxyl groups is 4. The van der Waals surface area contributed by atoms with E-state index in [2.05, 4.69) is 33.2 Å². The van der Waals surface area contributed by atoms with Crippen molar-refractivity contribution in [2.45, 2.75) is 39.0 Å². The molecular formula is C50H54O14. The topological polar surface area (TPSA) is 205 Å². The van der Waals surface area contributed by atoms with Crippen LogP contribution < -0.4 is 18.9 Å². The van der Waals surface area contributed by atoms with Gasteiger partial charge in [0.15, 0.2) is 0 Å². The Morgan fingerprint density at radius 3 is 1.38 bits per heavy atom. The number of hydrogen-bond donors (Lipinski definition) is 4. The summed E-state index contributed by atoms with van der Waals surface area (Å²) in [5.74, 6) is -1.86. The van der Waals surface area contributed by atoms with Crippen LogP contribution in [0.5, 0.6) is 23.0 Å². The molecule has 0 spiro atoms. The van der Waals surface area contributed by atoms with E-state index < -0.39 is 50.3 Å². The van der Waals surface area contributed by atoms with Gasteiger partial charge in [-0.25, -0.2) is 19.2 Å². The van der Waals surface area contributed by atoms with Crippen molar-refractivity contribution in [3.05, 3.63) is 133 Å². The van der Waals surface area contributed by atoms with Crippen LogP contribution in [0.4, 0.5) is 0 Å². The maximum absolute atomic E-state index is 13.2.